The number of hydrogen-bond donors (Lipinski definition) is 1. The van der Waals surface area contributed by atoms with Crippen molar-refractivity contribution in [1.82, 2.24) is 14.8 Å². The average Bonchev–Trinajstić information content (AvgIpc) is 3.23. The molecule has 31 heavy (non-hydrogen) atoms. The van der Waals surface area contributed by atoms with Crippen molar-refractivity contribution in [3.8, 4) is 22.8 Å². The average molecular weight is 412 g/mol. The second-order valence-electron chi connectivity index (χ2n) is 7.24. The molecule has 0 atom stereocenters. The third-order valence-electron chi connectivity index (χ3n) is 4.86. The molecule has 0 aliphatic carbocycles. The maximum absolute atomic E-state index is 12.9. The number of aryl methyl sites for hydroxylation is 2. The van der Waals surface area contributed by atoms with Gasteiger partial charge in [-0.15, -0.1) is 5.10 Å². The summed E-state index contributed by atoms with van der Waals surface area (Å²) in [6.07, 6.45) is 0. The Bertz CT molecular complexity index is 1200. The quantitative estimate of drug-likeness (QED) is 0.472. The number of nitrogens with zero attached hydrogens (tertiary/aromatic N) is 3. The largest absolute Gasteiger partial charge is 0.494 e. The number of aromatic nitrogens is 3. The Morgan fingerprint density at radius 2 is 1.74 bits per heavy atom. The van der Waals surface area contributed by atoms with Crippen LogP contribution in [0.3, 0.4) is 0 Å². The van der Waals surface area contributed by atoms with Crippen LogP contribution in [0.2, 0.25) is 0 Å². The van der Waals surface area contributed by atoms with Crippen LogP contribution in [0, 0.1) is 13.8 Å². The van der Waals surface area contributed by atoms with Crippen molar-refractivity contribution >= 4 is 11.6 Å². The van der Waals surface area contributed by atoms with Gasteiger partial charge in [0.15, 0.2) is 5.82 Å². The van der Waals surface area contributed by atoms with Crippen molar-refractivity contribution in [1.29, 1.82) is 0 Å². The summed E-state index contributed by atoms with van der Waals surface area (Å²) < 4.78 is 7.21. The normalized spacial score (nSPS) is 10.7. The van der Waals surface area contributed by atoms with E-state index >= 15 is 0 Å². The van der Waals surface area contributed by atoms with Crippen LogP contribution in [0.5, 0.6) is 5.75 Å². The van der Waals surface area contributed by atoms with Gasteiger partial charge in [0.25, 0.3) is 5.91 Å². The minimum atomic E-state index is -0.353. The lowest BCUT2D eigenvalue weighted by atomic mass is 10.1. The zero-order valence-electron chi connectivity index (χ0n) is 17.8. The Morgan fingerprint density at radius 1 is 1.00 bits per heavy atom. The molecule has 0 bridgehead atoms. The number of hydrogen-bond acceptors (Lipinski definition) is 4. The topological polar surface area (TPSA) is 69.0 Å². The highest BCUT2D eigenvalue weighted by Gasteiger charge is 2.19. The number of rotatable bonds is 6. The Kier molecular flexibility index (Phi) is 5.80. The number of carbonyl (C=O) groups excluding carboxylic acids is 1. The zero-order valence-corrected chi connectivity index (χ0v) is 17.8. The van der Waals surface area contributed by atoms with Crippen LogP contribution < -0.4 is 10.1 Å². The van der Waals surface area contributed by atoms with Crippen LogP contribution in [0.1, 0.15) is 28.7 Å². The van der Waals surface area contributed by atoms with Gasteiger partial charge in [-0.3, -0.25) is 4.79 Å². The number of nitrogens with one attached hydrogen (secondary N) is 1. The molecule has 0 radical (unpaired) electrons. The number of anilines is 1. The zero-order chi connectivity index (χ0) is 21.8. The molecule has 0 unspecified atom stereocenters. The van der Waals surface area contributed by atoms with E-state index in [9.17, 15) is 4.79 Å². The fourth-order valence-corrected chi connectivity index (χ4v) is 3.34. The van der Waals surface area contributed by atoms with E-state index in [1.807, 2.05) is 93.6 Å². The van der Waals surface area contributed by atoms with E-state index in [4.69, 9.17) is 4.74 Å². The molecular weight excluding hydrogens is 388 g/mol. The van der Waals surface area contributed by atoms with Gasteiger partial charge < -0.3 is 10.1 Å². The third-order valence-corrected chi connectivity index (χ3v) is 4.86. The van der Waals surface area contributed by atoms with Crippen LogP contribution in [0.25, 0.3) is 17.1 Å². The monoisotopic (exact) mass is 412 g/mol. The first-order valence-electron chi connectivity index (χ1n) is 10.2. The fourth-order valence-electron chi connectivity index (χ4n) is 3.34. The van der Waals surface area contributed by atoms with Gasteiger partial charge in [0.2, 0.25) is 5.82 Å². The van der Waals surface area contributed by atoms with E-state index in [2.05, 4.69) is 15.4 Å². The molecule has 0 saturated heterocycles. The first-order chi connectivity index (χ1) is 15.0. The number of amides is 1. The second kappa shape index (κ2) is 8.83. The molecule has 0 aliphatic rings. The molecule has 4 aromatic rings. The maximum Gasteiger partial charge on any atom is 0.295 e. The number of benzene rings is 3. The molecule has 3 aromatic carbocycles. The molecule has 6 heteroatoms. The summed E-state index contributed by atoms with van der Waals surface area (Å²) in [5, 5.41) is 7.45. The molecule has 4 rings (SSSR count). The molecule has 0 saturated carbocycles. The summed E-state index contributed by atoms with van der Waals surface area (Å²) in [5.74, 6) is 1.12. The highest BCUT2D eigenvalue weighted by Crippen LogP contribution is 2.23. The summed E-state index contributed by atoms with van der Waals surface area (Å²) in [5.41, 5.74) is 4.53. The summed E-state index contributed by atoms with van der Waals surface area (Å²) >= 11 is 0. The molecule has 6 nitrogen and oxygen atoms in total. The smallest absolute Gasteiger partial charge is 0.295 e. The summed E-state index contributed by atoms with van der Waals surface area (Å²) in [4.78, 5) is 17.5. The van der Waals surface area contributed by atoms with Crippen LogP contribution in [0.15, 0.2) is 72.8 Å². The van der Waals surface area contributed by atoms with Crippen LogP contribution in [-0.2, 0) is 0 Å². The van der Waals surface area contributed by atoms with E-state index in [1.165, 1.54) is 0 Å². The van der Waals surface area contributed by atoms with Crippen LogP contribution >= 0.6 is 0 Å². The Labute approximate surface area is 181 Å². The van der Waals surface area contributed by atoms with Gasteiger partial charge in [-0.25, -0.2) is 9.67 Å². The molecule has 0 spiro atoms. The molecule has 156 valence electrons. The van der Waals surface area contributed by atoms with Gasteiger partial charge in [0.05, 0.1) is 12.3 Å². The van der Waals surface area contributed by atoms with Crippen molar-refractivity contribution in [2.24, 2.45) is 0 Å². The van der Waals surface area contributed by atoms with Crippen molar-refractivity contribution in [2.75, 3.05) is 11.9 Å². The van der Waals surface area contributed by atoms with E-state index in [-0.39, 0.29) is 11.7 Å². The van der Waals surface area contributed by atoms with E-state index < -0.39 is 0 Å². The predicted molar refractivity (Wildman–Crippen MR) is 122 cm³/mol. The summed E-state index contributed by atoms with van der Waals surface area (Å²) in [6.45, 7) is 6.52. The van der Waals surface area contributed by atoms with Gasteiger partial charge in [-0.05, 0) is 56.7 Å². The van der Waals surface area contributed by atoms with Gasteiger partial charge >= 0.3 is 0 Å². The molecule has 1 heterocycles. The molecule has 1 N–H and O–H groups in total. The van der Waals surface area contributed by atoms with Gasteiger partial charge in [0.1, 0.15) is 5.75 Å². The number of ether oxygens (including phenoxy) is 1. The van der Waals surface area contributed by atoms with Crippen molar-refractivity contribution in [2.45, 2.75) is 20.8 Å². The third kappa shape index (κ3) is 4.48. The first kappa shape index (κ1) is 20.3. The Morgan fingerprint density at radius 3 is 2.42 bits per heavy atom. The highest BCUT2D eigenvalue weighted by molar-refractivity contribution is 6.02. The van der Waals surface area contributed by atoms with E-state index in [0.717, 1.165) is 33.8 Å². The second-order valence-corrected chi connectivity index (χ2v) is 7.24. The van der Waals surface area contributed by atoms with Crippen LogP contribution in [0.4, 0.5) is 5.69 Å². The summed E-state index contributed by atoms with van der Waals surface area (Å²) in [6, 6.07) is 23.1. The summed E-state index contributed by atoms with van der Waals surface area (Å²) in [7, 11) is 0. The lowest BCUT2D eigenvalue weighted by Crippen LogP contribution is -2.15. The van der Waals surface area contributed by atoms with Gasteiger partial charge in [0, 0.05) is 11.3 Å². The standard InChI is InChI=1S/C25H24N4O2/c1-4-31-21-13-11-20(12-14-21)29-24(19-8-6-5-7-9-19)27-23(28-29)25(30)26-22-15-10-17(2)16-18(22)3/h5-16H,4H2,1-3H3,(H,26,30). The Balaban J connectivity index is 1.71. The van der Waals surface area contributed by atoms with Gasteiger partial charge in [-0.1, -0.05) is 48.0 Å². The lowest BCUT2D eigenvalue weighted by molar-refractivity contribution is 0.101. The van der Waals surface area contributed by atoms with E-state index in [1.54, 1.807) is 4.68 Å². The highest BCUT2D eigenvalue weighted by atomic mass is 16.5. The van der Waals surface area contributed by atoms with Crippen LogP contribution in [-0.4, -0.2) is 27.3 Å². The van der Waals surface area contributed by atoms with Crippen molar-refractivity contribution in [3.05, 3.63) is 89.7 Å². The van der Waals surface area contributed by atoms with Gasteiger partial charge in [-0.2, -0.15) is 0 Å². The predicted octanol–water partition coefficient (Wildman–Crippen LogP) is 5.20. The molecule has 1 amide bonds. The van der Waals surface area contributed by atoms with Crippen molar-refractivity contribution in [3.63, 3.8) is 0 Å². The molecule has 0 fully saturated rings. The molecular formula is C25H24N4O2. The maximum atomic E-state index is 12.9. The minimum absolute atomic E-state index is 0.104. The fraction of sp³-hybridized carbons (Fsp3) is 0.160. The molecule has 1 aromatic heterocycles. The van der Waals surface area contributed by atoms with E-state index in [0.29, 0.717) is 12.4 Å². The molecule has 0 aliphatic heterocycles. The first-order valence-corrected chi connectivity index (χ1v) is 10.2. The SMILES string of the molecule is CCOc1ccc(-n2nc(C(=O)Nc3ccc(C)cc3C)nc2-c2ccccc2)cc1. The Hall–Kier alpha value is -3.93. The lowest BCUT2D eigenvalue weighted by Gasteiger charge is -2.08. The number of carbonyl (C=O) groups is 1. The van der Waals surface area contributed by atoms with Crippen molar-refractivity contribution < 1.29 is 9.53 Å². The minimum Gasteiger partial charge on any atom is -0.494 e.